The summed E-state index contributed by atoms with van der Waals surface area (Å²) < 4.78 is 5.39. The standard InChI is InChI=1S/C12H15NO2/c1-9-6-11(8-15-9)12(14)7-10-2-4-13-5-3-10/h2-5,9,11H,6-8H2,1H3. The second kappa shape index (κ2) is 4.53. The zero-order chi connectivity index (χ0) is 10.7. The first-order valence-corrected chi connectivity index (χ1v) is 5.29. The molecule has 0 amide bonds. The van der Waals surface area contributed by atoms with Crippen LogP contribution in [0.2, 0.25) is 0 Å². The van der Waals surface area contributed by atoms with Gasteiger partial charge in [0.2, 0.25) is 0 Å². The maximum Gasteiger partial charge on any atom is 0.142 e. The average Bonchev–Trinajstić information content (AvgIpc) is 2.66. The van der Waals surface area contributed by atoms with E-state index < -0.39 is 0 Å². The molecule has 0 bridgehead atoms. The maximum atomic E-state index is 11.9. The molecule has 1 aliphatic heterocycles. The van der Waals surface area contributed by atoms with Crippen molar-refractivity contribution in [2.24, 2.45) is 5.92 Å². The third-order valence-electron chi connectivity index (χ3n) is 2.78. The first-order valence-electron chi connectivity index (χ1n) is 5.29. The van der Waals surface area contributed by atoms with Gasteiger partial charge < -0.3 is 4.74 Å². The van der Waals surface area contributed by atoms with Gasteiger partial charge in [-0.25, -0.2) is 0 Å². The number of rotatable bonds is 3. The van der Waals surface area contributed by atoms with E-state index in [4.69, 9.17) is 4.74 Å². The molecule has 80 valence electrons. The summed E-state index contributed by atoms with van der Waals surface area (Å²) in [4.78, 5) is 15.8. The number of nitrogens with zero attached hydrogens (tertiary/aromatic N) is 1. The van der Waals surface area contributed by atoms with E-state index in [1.54, 1.807) is 12.4 Å². The molecule has 0 aromatic carbocycles. The Labute approximate surface area is 89.5 Å². The monoisotopic (exact) mass is 205 g/mol. The molecule has 2 rings (SSSR count). The Morgan fingerprint density at radius 2 is 2.27 bits per heavy atom. The van der Waals surface area contributed by atoms with Crippen molar-refractivity contribution in [2.45, 2.75) is 25.9 Å². The molecule has 3 heteroatoms. The van der Waals surface area contributed by atoms with Crippen LogP contribution in [0, 0.1) is 5.92 Å². The van der Waals surface area contributed by atoms with E-state index in [0.29, 0.717) is 13.0 Å². The van der Waals surface area contributed by atoms with Gasteiger partial charge in [0.05, 0.1) is 12.7 Å². The lowest BCUT2D eigenvalue weighted by molar-refractivity contribution is -0.122. The van der Waals surface area contributed by atoms with Crippen molar-refractivity contribution in [2.75, 3.05) is 6.61 Å². The Morgan fingerprint density at radius 1 is 1.53 bits per heavy atom. The average molecular weight is 205 g/mol. The number of hydrogen-bond acceptors (Lipinski definition) is 3. The molecule has 15 heavy (non-hydrogen) atoms. The number of ether oxygens (including phenoxy) is 1. The molecule has 2 heterocycles. The lowest BCUT2D eigenvalue weighted by Crippen LogP contribution is -2.16. The Kier molecular flexibility index (Phi) is 3.11. The van der Waals surface area contributed by atoms with Gasteiger partial charge in [-0.15, -0.1) is 0 Å². The smallest absolute Gasteiger partial charge is 0.142 e. The first kappa shape index (κ1) is 10.3. The van der Waals surface area contributed by atoms with Crippen LogP contribution in [0.3, 0.4) is 0 Å². The number of pyridine rings is 1. The number of hydrogen-bond donors (Lipinski definition) is 0. The maximum absolute atomic E-state index is 11.9. The van der Waals surface area contributed by atoms with Crippen LogP contribution in [-0.4, -0.2) is 23.5 Å². The van der Waals surface area contributed by atoms with Crippen LogP contribution in [0.5, 0.6) is 0 Å². The molecule has 0 aliphatic carbocycles. The number of carbonyl (C=O) groups is 1. The van der Waals surface area contributed by atoms with Gasteiger partial charge in [-0.2, -0.15) is 0 Å². The molecule has 1 saturated heterocycles. The Balaban J connectivity index is 1.93. The van der Waals surface area contributed by atoms with Gasteiger partial charge in [-0.3, -0.25) is 9.78 Å². The predicted molar refractivity (Wildman–Crippen MR) is 56.5 cm³/mol. The van der Waals surface area contributed by atoms with Crippen molar-refractivity contribution >= 4 is 5.78 Å². The van der Waals surface area contributed by atoms with E-state index in [1.807, 2.05) is 19.1 Å². The van der Waals surface area contributed by atoms with Gasteiger partial charge in [0.1, 0.15) is 5.78 Å². The van der Waals surface area contributed by atoms with Crippen LogP contribution < -0.4 is 0 Å². The second-order valence-electron chi connectivity index (χ2n) is 4.08. The van der Waals surface area contributed by atoms with Gasteiger partial charge in [0, 0.05) is 24.7 Å². The SMILES string of the molecule is CC1CC(C(=O)Cc2ccncc2)CO1. The highest BCUT2D eigenvalue weighted by atomic mass is 16.5. The molecule has 2 atom stereocenters. The quantitative estimate of drug-likeness (QED) is 0.752. The molecule has 0 N–H and O–H groups in total. The topological polar surface area (TPSA) is 39.2 Å². The van der Waals surface area contributed by atoms with Crippen LogP contribution in [-0.2, 0) is 16.0 Å². The molecule has 1 aromatic rings. The lowest BCUT2D eigenvalue weighted by Gasteiger charge is -2.05. The molecule has 0 saturated carbocycles. The van der Waals surface area contributed by atoms with Crippen LogP contribution in [0.1, 0.15) is 18.9 Å². The molecule has 1 aliphatic rings. The summed E-state index contributed by atoms with van der Waals surface area (Å²) in [5, 5.41) is 0. The fourth-order valence-corrected chi connectivity index (χ4v) is 1.89. The third kappa shape index (κ3) is 2.63. The first-order chi connectivity index (χ1) is 7.25. The summed E-state index contributed by atoms with van der Waals surface area (Å²) in [5.74, 6) is 0.374. The second-order valence-corrected chi connectivity index (χ2v) is 4.08. The minimum atomic E-state index is 0.0909. The van der Waals surface area contributed by atoms with Gasteiger partial charge in [0.25, 0.3) is 0 Å². The predicted octanol–water partition coefficient (Wildman–Crippen LogP) is 1.62. The van der Waals surface area contributed by atoms with E-state index in [9.17, 15) is 4.79 Å². The van der Waals surface area contributed by atoms with E-state index in [1.165, 1.54) is 0 Å². The molecule has 0 radical (unpaired) electrons. The molecule has 1 fully saturated rings. The van der Waals surface area contributed by atoms with E-state index in [-0.39, 0.29) is 17.8 Å². The normalized spacial score (nSPS) is 25.4. The fourth-order valence-electron chi connectivity index (χ4n) is 1.89. The van der Waals surface area contributed by atoms with Gasteiger partial charge in [-0.1, -0.05) is 0 Å². The summed E-state index contributed by atoms with van der Waals surface area (Å²) in [6.07, 6.45) is 5.04. The largest absolute Gasteiger partial charge is 0.378 e. The third-order valence-corrected chi connectivity index (χ3v) is 2.78. The molecule has 3 nitrogen and oxygen atoms in total. The van der Waals surface area contributed by atoms with E-state index >= 15 is 0 Å². The van der Waals surface area contributed by atoms with Crippen molar-refractivity contribution in [3.8, 4) is 0 Å². The van der Waals surface area contributed by atoms with Crippen molar-refractivity contribution in [1.82, 2.24) is 4.98 Å². The molecule has 1 aromatic heterocycles. The van der Waals surface area contributed by atoms with E-state index in [0.717, 1.165) is 12.0 Å². The number of ketones is 1. The summed E-state index contributed by atoms with van der Waals surface area (Å²) in [6, 6.07) is 3.77. The van der Waals surface area contributed by atoms with Crippen LogP contribution >= 0.6 is 0 Å². The van der Waals surface area contributed by atoms with Gasteiger partial charge in [0.15, 0.2) is 0 Å². The number of carbonyl (C=O) groups excluding carboxylic acids is 1. The highest BCUT2D eigenvalue weighted by Crippen LogP contribution is 2.21. The molecule has 2 unspecified atom stereocenters. The molecule has 0 spiro atoms. The minimum absolute atomic E-state index is 0.0909. The van der Waals surface area contributed by atoms with Crippen molar-refractivity contribution in [3.05, 3.63) is 30.1 Å². The van der Waals surface area contributed by atoms with Gasteiger partial charge in [-0.05, 0) is 31.0 Å². The number of aromatic nitrogens is 1. The molecular formula is C12H15NO2. The van der Waals surface area contributed by atoms with Crippen molar-refractivity contribution in [3.63, 3.8) is 0 Å². The van der Waals surface area contributed by atoms with Crippen LogP contribution in [0.15, 0.2) is 24.5 Å². The Bertz CT molecular complexity index is 337. The van der Waals surface area contributed by atoms with Crippen molar-refractivity contribution < 1.29 is 9.53 Å². The molecular weight excluding hydrogens is 190 g/mol. The highest BCUT2D eigenvalue weighted by Gasteiger charge is 2.27. The summed E-state index contributed by atoms with van der Waals surface area (Å²) in [7, 11) is 0. The fraction of sp³-hybridized carbons (Fsp3) is 0.500. The lowest BCUT2D eigenvalue weighted by atomic mass is 9.96. The highest BCUT2D eigenvalue weighted by molar-refractivity contribution is 5.83. The summed E-state index contributed by atoms with van der Waals surface area (Å²) in [5.41, 5.74) is 1.04. The van der Waals surface area contributed by atoms with E-state index in [2.05, 4.69) is 4.98 Å². The van der Waals surface area contributed by atoms with Crippen molar-refractivity contribution in [1.29, 1.82) is 0 Å². The summed E-state index contributed by atoms with van der Waals surface area (Å²) in [6.45, 7) is 2.60. The summed E-state index contributed by atoms with van der Waals surface area (Å²) >= 11 is 0. The van der Waals surface area contributed by atoms with Crippen LogP contribution in [0.4, 0.5) is 0 Å². The van der Waals surface area contributed by atoms with Gasteiger partial charge >= 0.3 is 0 Å². The number of Topliss-reactive ketones (excluding diaryl/α,β-unsaturated/α-hetero) is 1. The Hall–Kier alpha value is -1.22. The minimum Gasteiger partial charge on any atom is -0.378 e. The zero-order valence-electron chi connectivity index (χ0n) is 8.85. The van der Waals surface area contributed by atoms with Crippen LogP contribution in [0.25, 0.3) is 0 Å². The Morgan fingerprint density at radius 3 is 2.87 bits per heavy atom. The zero-order valence-corrected chi connectivity index (χ0v) is 8.85.